The maximum absolute atomic E-state index is 9.64. The zero-order chi connectivity index (χ0) is 20.2. The minimum Gasteiger partial charge on any atom is -0.467 e. The highest BCUT2D eigenvalue weighted by molar-refractivity contribution is 5.96. The van der Waals surface area contributed by atoms with E-state index in [9.17, 15) is 5.26 Å². The molecule has 1 N–H and O–H groups in total. The molecule has 0 bridgehead atoms. The van der Waals surface area contributed by atoms with Crippen molar-refractivity contribution in [2.24, 2.45) is 0 Å². The van der Waals surface area contributed by atoms with E-state index in [4.69, 9.17) is 4.74 Å². The number of benzene rings is 2. The normalized spacial score (nSPS) is 11.6. The van der Waals surface area contributed by atoms with E-state index in [1.165, 1.54) is 7.11 Å². The second-order valence-electron chi connectivity index (χ2n) is 6.63. The number of nitriles is 1. The van der Waals surface area contributed by atoms with E-state index >= 15 is 0 Å². The maximum atomic E-state index is 9.64. The Labute approximate surface area is 168 Å². The number of rotatable bonds is 5. The van der Waals surface area contributed by atoms with Crippen molar-refractivity contribution in [3.8, 4) is 23.2 Å². The SMILES string of the molecule is COc1ncc(-c2ccc3ncc(C#N)c(NC(C)c4ccccc4)c3c2)cn1. The van der Waals surface area contributed by atoms with Crippen LogP contribution >= 0.6 is 0 Å². The van der Waals surface area contributed by atoms with E-state index in [0.717, 1.165) is 33.3 Å². The van der Waals surface area contributed by atoms with Crippen molar-refractivity contribution in [1.29, 1.82) is 5.26 Å². The van der Waals surface area contributed by atoms with E-state index in [1.807, 2.05) is 36.4 Å². The van der Waals surface area contributed by atoms with Gasteiger partial charge in [0.1, 0.15) is 6.07 Å². The minimum absolute atomic E-state index is 0.0295. The molecule has 6 heteroatoms. The van der Waals surface area contributed by atoms with E-state index in [0.29, 0.717) is 11.6 Å². The lowest BCUT2D eigenvalue weighted by molar-refractivity contribution is 0.380. The molecule has 0 saturated carbocycles. The smallest absolute Gasteiger partial charge is 0.316 e. The van der Waals surface area contributed by atoms with Gasteiger partial charge in [0, 0.05) is 35.6 Å². The van der Waals surface area contributed by atoms with Gasteiger partial charge >= 0.3 is 6.01 Å². The van der Waals surface area contributed by atoms with Crippen molar-refractivity contribution in [2.75, 3.05) is 12.4 Å². The molecule has 6 nitrogen and oxygen atoms in total. The summed E-state index contributed by atoms with van der Waals surface area (Å²) in [4.78, 5) is 12.8. The zero-order valence-corrected chi connectivity index (χ0v) is 16.1. The summed E-state index contributed by atoms with van der Waals surface area (Å²) in [5.41, 5.74) is 5.02. The molecule has 0 saturated heterocycles. The van der Waals surface area contributed by atoms with Crippen LogP contribution in [-0.2, 0) is 0 Å². The summed E-state index contributed by atoms with van der Waals surface area (Å²) in [7, 11) is 1.53. The molecule has 0 radical (unpaired) electrons. The van der Waals surface area contributed by atoms with Gasteiger partial charge < -0.3 is 10.1 Å². The van der Waals surface area contributed by atoms with Gasteiger partial charge in [-0.25, -0.2) is 9.97 Å². The number of fused-ring (bicyclic) bond motifs is 1. The molecule has 0 spiro atoms. The van der Waals surface area contributed by atoms with Crippen LogP contribution in [0.2, 0.25) is 0 Å². The van der Waals surface area contributed by atoms with Gasteiger partial charge in [-0.3, -0.25) is 4.98 Å². The average Bonchev–Trinajstić information content (AvgIpc) is 2.79. The van der Waals surface area contributed by atoms with Gasteiger partial charge in [-0.15, -0.1) is 0 Å². The first-order chi connectivity index (χ1) is 14.2. The molecule has 1 unspecified atom stereocenters. The van der Waals surface area contributed by atoms with Crippen LogP contribution in [0.3, 0.4) is 0 Å². The number of aromatic nitrogens is 3. The van der Waals surface area contributed by atoms with E-state index < -0.39 is 0 Å². The second-order valence-corrected chi connectivity index (χ2v) is 6.63. The molecule has 4 aromatic rings. The standard InChI is InChI=1S/C23H19N5O/c1-15(16-6-4-3-5-7-16)28-22-18(11-24)12-25-21-9-8-17(10-20(21)22)19-13-26-23(29-2)27-14-19/h3-10,12-15H,1-2H3,(H,25,28). The first-order valence-electron chi connectivity index (χ1n) is 9.20. The van der Waals surface area contributed by atoms with Gasteiger partial charge in [0.2, 0.25) is 0 Å². The van der Waals surface area contributed by atoms with E-state index in [1.54, 1.807) is 18.6 Å². The Bertz CT molecular complexity index is 1180. The fourth-order valence-electron chi connectivity index (χ4n) is 3.22. The Balaban J connectivity index is 1.80. The van der Waals surface area contributed by atoms with Crippen LogP contribution < -0.4 is 10.1 Å². The topological polar surface area (TPSA) is 83.7 Å². The van der Waals surface area contributed by atoms with Crippen LogP contribution in [0.15, 0.2) is 67.1 Å². The van der Waals surface area contributed by atoms with Crippen molar-refractivity contribution in [3.05, 3.63) is 78.2 Å². The summed E-state index contributed by atoms with van der Waals surface area (Å²) < 4.78 is 5.03. The Morgan fingerprint density at radius 2 is 1.72 bits per heavy atom. The Morgan fingerprint density at radius 3 is 2.41 bits per heavy atom. The summed E-state index contributed by atoms with van der Waals surface area (Å²) in [6.07, 6.45) is 5.04. The van der Waals surface area contributed by atoms with Crippen LogP contribution in [0.25, 0.3) is 22.0 Å². The van der Waals surface area contributed by atoms with Crippen LogP contribution in [0.5, 0.6) is 6.01 Å². The number of pyridine rings is 1. The van der Waals surface area contributed by atoms with Gasteiger partial charge in [-0.2, -0.15) is 5.26 Å². The number of ether oxygens (including phenoxy) is 1. The molecule has 0 fully saturated rings. The van der Waals surface area contributed by atoms with Gasteiger partial charge in [0.15, 0.2) is 0 Å². The third-order valence-electron chi connectivity index (χ3n) is 4.79. The predicted molar refractivity (Wildman–Crippen MR) is 113 cm³/mol. The Kier molecular flexibility index (Phi) is 5.04. The van der Waals surface area contributed by atoms with Crippen molar-refractivity contribution < 1.29 is 4.74 Å². The lowest BCUT2D eigenvalue weighted by Crippen LogP contribution is -2.08. The summed E-state index contributed by atoms with van der Waals surface area (Å²) in [6.45, 7) is 2.07. The number of hydrogen-bond acceptors (Lipinski definition) is 6. The van der Waals surface area contributed by atoms with E-state index in [-0.39, 0.29) is 6.04 Å². The quantitative estimate of drug-likeness (QED) is 0.537. The third kappa shape index (κ3) is 3.71. The first-order valence-corrected chi connectivity index (χ1v) is 9.20. The maximum Gasteiger partial charge on any atom is 0.316 e. The molecule has 0 aliphatic carbocycles. The van der Waals surface area contributed by atoms with Crippen molar-refractivity contribution in [3.63, 3.8) is 0 Å². The number of hydrogen-bond donors (Lipinski definition) is 1. The molecule has 0 aliphatic rings. The highest BCUT2D eigenvalue weighted by Gasteiger charge is 2.14. The molecule has 0 amide bonds. The molecule has 0 aliphatic heterocycles. The predicted octanol–water partition coefficient (Wildman–Crippen LogP) is 4.75. The van der Waals surface area contributed by atoms with Crippen LogP contribution in [0.4, 0.5) is 5.69 Å². The average molecular weight is 381 g/mol. The third-order valence-corrected chi connectivity index (χ3v) is 4.79. The van der Waals surface area contributed by atoms with Crippen molar-refractivity contribution >= 4 is 16.6 Å². The summed E-state index contributed by atoms with van der Waals surface area (Å²) in [6, 6.07) is 18.6. The second kappa shape index (κ2) is 7.95. The molecule has 1 atom stereocenters. The highest BCUT2D eigenvalue weighted by Crippen LogP contribution is 2.32. The number of methoxy groups -OCH3 is 1. The summed E-state index contributed by atoms with van der Waals surface area (Å²) in [5, 5.41) is 14.0. The van der Waals surface area contributed by atoms with Gasteiger partial charge in [0.25, 0.3) is 0 Å². The van der Waals surface area contributed by atoms with Crippen molar-refractivity contribution in [2.45, 2.75) is 13.0 Å². The highest BCUT2D eigenvalue weighted by atomic mass is 16.5. The summed E-state index contributed by atoms with van der Waals surface area (Å²) in [5.74, 6) is 0. The lowest BCUT2D eigenvalue weighted by atomic mass is 10.0. The largest absolute Gasteiger partial charge is 0.467 e. The molecule has 2 aromatic heterocycles. The fraction of sp³-hybridized carbons (Fsp3) is 0.130. The zero-order valence-electron chi connectivity index (χ0n) is 16.1. The monoisotopic (exact) mass is 381 g/mol. The minimum atomic E-state index is 0.0295. The Hall–Kier alpha value is -3.98. The van der Waals surface area contributed by atoms with Crippen molar-refractivity contribution in [1.82, 2.24) is 15.0 Å². The van der Waals surface area contributed by atoms with Crippen LogP contribution in [0.1, 0.15) is 24.1 Å². The molecule has 4 rings (SSSR count). The lowest BCUT2D eigenvalue weighted by Gasteiger charge is -2.18. The first kappa shape index (κ1) is 18.4. The number of anilines is 1. The molecule has 2 heterocycles. The van der Waals surface area contributed by atoms with Crippen LogP contribution in [-0.4, -0.2) is 22.1 Å². The molecule has 2 aromatic carbocycles. The fourth-order valence-corrected chi connectivity index (χ4v) is 3.22. The van der Waals surface area contributed by atoms with Gasteiger partial charge in [-0.1, -0.05) is 36.4 Å². The molecular weight excluding hydrogens is 362 g/mol. The van der Waals surface area contributed by atoms with E-state index in [2.05, 4.69) is 45.4 Å². The molecule has 142 valence electrons. The van der Waals surface area contributed by atoms with Gasteiger partial charge in [0.05, 0.1) is 23.9 Å². The molecular formula is C23H19N5O. The van der Waals surface area contributed by atoms with Gasteiger partial charge in [-0.05, 0) is 30.2 Å². The molecule has 29 heavy (non-hydrogen) atoms. The number of nitrogens with one attached hydrogen (secondary N) is 1. The number of nitrogens with zero attached hydrogens (tertiary/aromatic N) is 4. The summed E-state index contributed by atoms with van der Waals surface area (Å²) >= 11 is 0. The van der Waals surface area contributed by atoms with Crippen LogP contribution in [0, 0.1) is 11.3 Å². The Morgan fingerprint density at radius 1 is 0.966 bits per heavy atom.